The van der Waals surface area contributed by atoms with Crippen LogP contribution in [0.3, 0.4) is 0 Å². The first-order chi connectivity index (χ1) is 15.3. The fourth-order valence-corrected chi connectivity index (χ4v) is 4.79. The predicted octanol–water partition coefficient (Wildman–Crippen LogP) is 6.68. The molecule has 0 aliphatic heterocycles. The lowest BCUT2D eigenvalue weighted by molar-refractivity contribution is -0.137. The predicted molar refractivity (Wildman–Crippen MR) is 123 cm³/mol. The first kappa shape index (κ1) is 24.9. The van der Waals surface area contributed by atoms with Gasteiger partial charge in [0.05, 0.1) is 27.0 Å². The molecular formula is C22H17Cl2F3N2O3S. The third kappa shape index (κ3) is 5.79. The van der Waals surface area contributed by atoms with Gasteiger partial charge in [-0.15, -0.1) is 0 Å². The van der Waals surface area contributed by atoms with Crippen LogP contribution in [0.4, 0.5) is 24.5 Å². The number of aryl methyl sites for hydroxylation is 2. The Morgan fingerprint density at radius 1 is 0.879 bits per heavy atom. The van der Waals surface area contributed by atoms with Crippen molar-refractivity contribution < 1.29 is 26.4 Å². The Balaban J connectivity index is 1.92. The summed E-state index contributed by atoms with van der Waals surface area (Å²) in [5.74, 6) is -0.865. The maximum atomic E-state index is 13.0. The SMILES string of the molecule is Cc1ccc(NS(=O)(=O)c2cc(C(=O)Nc3cc(C(F)(F)F)ccc3Cl)ccc2Cl)c(C)c1. The Kier molecular flexibility index (Phi) is 6.97. The van der Waals surface area contributed by atoms with E-state index in [-0.39, 0.29) is 26.2 Å². The number of amides is 1. The molecule has 0 unspecified atom stereocenters. The number of hydrogen-bond donors (Lipinski definition) is 2. The smallest absolute Gasteiger partial charge is 0.321 e. The van der Waals surface area contributed by atoms with Crippen molar-refractivity contribution in [2.45, 2.75) is 24.9 Å². The number of anilines is 2. The van der Waals surface area contributed by atoms with E-state index in [9.17, 15) is 26.4 Å². The van der Waals surface area contributed by atoms with Gasteiger partial charge in [0.2, 0.25) is 0 Å². The topological polar surface area (TPSA) is 75.3 Å². The summed E-state index contributed by atoms with van der Waals surface area (Å²) >= 11 is 12.0. The van der Waals surface area contributed by atoms with Crippen LogP contribution >= 0.6 is 23.2 Å². The van der Waals surface area contributed by atoms with E-state index in [1.54, 1.807) is 25.1 Å². The molecule has 1 amide bonds. The maximum Gasteiger partial charge on any atom is 0.416 e. The van der Waals surface area contributed by atoms with E-state index in [1.165, 1.54) is 12.1 Å². The van der Waals surface area contributed by atoms with E-state index in [4.69, 9.17) is 23.2 Å². The van der Waals surface area contributed by atoms with E-state index >= 15 is 0 Å². The summed E-state index contributed by atoms with van der Waals surface area (Å²) in [7, 11) is -4.18. The highest BCUT2D eigenvalue weighted by atomic mass is 35.5. The Bertz CT molecular complexity index is 1340. The molecule has 0 atom stereocenters. The first-order valence-corrected chi connectivity index (χ1v) is 11.6. The molecule has 174 valence electrons. The normalized spacial score (nSPS) is 11.8. The van der Waals surface area contributed by atoms with E-state index in [2.05, 4.69) is 10.0 Å². The van der Waals surface area contributed by atoms with Gasteiger partial charge in [-0.1, -0.05) is 40.9 Å². The molecule has 5 nitrogen and oxygen atoms in total. The number of hydrogen-bond acceptors (Lipinski definition) is 3. The van der Waals surface area contributed by atoms with Crippen LogP contribution in [0.2, 0.25) is 10.0 Å². The molecule has 0 aliphatic rings. The van der Waals surface area contributed by atoms with E-state index in [1.807, 2.05) is 6.92 Å². The van der Waals surface area contributed by atoms with E-state index in [0.29, 0.717) is 17.3 Å². The van der Waals surface area contributed by atoms with Crippen molar-refractivity contribution in [3.63, 3.8) is 0 Å². The van der Waals surface area contributed by atoms with Crippen molar-refractivity contribution in [3.05, 3.63) is 86.9 Å². The van der Waals surface area contributed by atoms with Gasteiger partial charge < -0.3 is 5.32 Å². The maximum absolute atomic E-state index is 13.0. The Morgan fingerprint density at radius 3 is 2.18 bits per heavy atom. The van der Waals surface area contributed by atoms with Gasteiger partial charge in [0.15, 0.2) is 0 Å². The van der Waals surface area contributed by atoms with Gasteiger partial charge in [-0.05, 0) is 61.9 Å². The summed E-state index contributed by atoms with van der Waals surface area (Å²) in [6.45, 7) is 3.59. The Morgan fingerprint density at radius 2 is 1.55 bits per heavy atom. The van der Waals surface area contributed by atoms with Crippen LogP contribution < -0.4 is 10.0 Å². The quantitative estimate of drug-likeness (QED) is 0.397. The minimum atomic E-state index is -4.63. The molecule has 33 heavy (non-hydrogen) atoms. The van der Waals surface area contributed by atoms with Crippen LogP contribution in [-0.2, 0) is 16.2 Å². The van der Waals surface area contributed by atoms with Crippen LogP contribution in [0.25, 0.3) is 0 Å². The highest BCUT2D eigenvalue weighted by molar-refractivity contribution is 7.92. The number of benzene rings is 3. The highest BCUT2D eigenvalue weighted by Gasteiger charge is 2.31. The second-order valence-electron chi connectivity index (χ2n) is 7.22. The molecule has 0 spiro atoms. The van der Waals surface area contributed by atoms with Gasteiger partial charge in [-0.2, -0.15) is 13.2 Å². The Labute approximate surface area is 198 Å². The third-order valence-electron chi connectivity index (χ3n) is 4.65. The molecule has 0 saturated carbocycles. The number of nitrogens with one attached hydrogen (secondary N) is 2. The zero-order chi connectivity index (χ0) is 24.6. The Hall–Kier alpha value is -2.75. The van der Waals surface area contributed by atoms with Crippen LogP contribution in [0.5, 0.6) is 0 Å². The minimum absolute atomic E-state index is 0.116. The zero-order valence-electron chi connectivity index (χ0n) is 17.2. The van der Waals surface area contributed by atoms with Crippen molar-refractivity contribution in [3.8, 4) is 0 Å². The largest absolute Gasteiger partial charge is 0.416 e. The number of halogens is 5. The van der Waals surface area contributed by atoms with Gasteiger partial charge in [0, 0.05) is 5.56 Å². The molecule has 0 saturated heterocycles. The molecule has 0 fully saturated rings. The number of rotatable bonds is 5. The fourth-order valence-electron chi connectivity index (χ4n) is 2.97. The second kappa shape index (κ2) is 9.24. The van der Waals surface area contributed by atoms with Crippen molar-refractivity contribution in [1.29, 1.82) is 0 Å². The first-order valence-electron chi connectivity index (χ1n) is 9.35. The summed E-state index contributed by atoms with van der Waals surface area (Å²) < 4.78 is 67.2. The number of alkyl halides is 3. The van der Waals surface area contributed by atoms with E-state index < -0.39 is 27.7 Å². The third-order valence-corrected chi connectivity index (χ3v) is 6.83. The monoisotopic (exact) mass is 516 g/mol. The van der Waals surface area contributed by atoms with Crippen molar-refractivity contribution in [2.75, 3.05) is 10.0 Å². The molecule has 2 N–H and O–H groups in total. The summed E-state index contributed by atoms with van der Waals surface area (Å²) in [4.78, 5) is 12.3. The summed E-state index contributed by atoms with van der Waals surface area (Å²) in [6.07, 6.45) is -4.63. The number of carbonyl (C=O) groups is 1. The van der Waals surface area contributed by atoms with Gasteiger partial charge in [-0.25, -0.2) is 8.42 Å². The molecule has 0 bridgehead atoms. The molecule has 3 rings (SSSR count). The van der Waals surface area contributed by atoms with Crippen molar-refractivity contribution in [1.82, 2.24) is 0 Å². The summed E-state index contributed by atoms with van der Waals surface area (Å²) in [6, 6.07) is 11.1. The highest BCUT2D eigenvalue weighted by Crippen LogP contribution is 2.34. The molecule has 3 aromatic carbocycles. The van der Waals surface area contributed by atoms with Gasteiger partial charge >= 0.3 is 6.18 Å². The molecule has 0 aromatic heterocycles. The van der Waals surface area contributed by atoms with E-state index in [0.717, 1.165) is 23.8 Å². The second-order valence-corrected chi connectivity index (χ2v) is 9.68. The number of carbonyl (C=O) groups excluding carboxylic acids is 1. The van der Waals surface area contributed by atoms with Gasteiger partial charge in [0.25, 0.3) is 15.9 Å². The molecule has 3 aromatic rings. The standard InChI is InChI=1S/C22H17Cl2F3N2O3S/c1-12-3-8-18(13(2)9-12)29-33(31,32)20-10-14(4-6-17(20)24)21(30)28-19-11-15(22(25,26)27)5-7-16(19)23/h3-11,29H,1-2H3,(H,28,30). The lowest BCUT2D eigenvalue weighted by atomic mass is 10.1. The summed E-state index contributed by atoms with van der Waals surface area (Å²) in [5.41, 5.74) is 0.544. The average molecular weight is 517 g/mol. The fraction of sp³-hybridized carbons (Fsp3) is 0.136. The minimum Gasteiger partial charge on any atom is -0.321 e. The van der Waals surface area contributed by atoms with Crippen LogP contribution in [-0.4, -0.2) is 14.3 Å². The zero-order valence-corrected chi connectivity index (χ0v) is 19.5. The van der Waals surface area contributed by atoms with Gasteiger partial charge in [-0.3, -0.25) is 9.52 Å². The molecule has 0 radical (unpaired) electrons. The molecule has 0 aliphatic carbocycles. The van der Waals surface area contributed by atoms with Crippen LogP contribution in [0.15, 0.2) is 59.5 Å². The van der Waals surface area contributed by atoms with Crippen molar-refractivity contribution >= 4 is 50.5 Å². The summed E-state index contributed by atoms with van der Waals surface area (Å²) in [5, 5.41) is 2.02. The number of sulfonamides is 1. The van der Waals surface area contributed by atoms with Crippen LogP contribution in [0.1, 0.15) is 27.0 Å². The molecular weight excluding hydrogens is 500 g/mol. The molecule has 0 heterocycles. The average Bonchev–Trinajstić information content (AvgIpc) is 2.71. The molecule has 11 heteroatoms. The lowest BCUT2D eigenvalue weighted by Gasteiger charge is -2.14. The van der Waals surface area contributed by atoms with Crippen LogP contribution in [0, 0.1) is 13.8 Å². The van der Waals surface area contributed by atoms with Crippen molar-refractivity contribution in [2.24, 2.45) is 0 Å². The lowest BCUT2D eigenvalue weighted by Crippen LogP contribution is -2.17. The van der Waals surface area contributed by atoms with Gasteiger partial charge in [0.1, 0.15) is 4.90 Å².